The molecule has 0 aliphatic heterocycles. The van der Waals surface area contributed by atoms with Crippen molar-refractivity contribution in [2.75, 3.05) is 13.2 Å². The monoisotopic (exact) mass is 462 g/mol. The highest BCUT2D eigenvalue weighted by Gasteiger charge is 2.13. The molecule has 0 fully saturated rings. The third kappa shape index (κ3) is 5.23. The first-order chi connectivity index (χ1) is 12.4. The maximum Gasteiger partial charge on any atom is 0.255 e. The number of primary amides is 1. The molecule has 2 aromatic carbocycles. The summed E-state index contributed by atoms with van der Waals surface area (Å²) in [6.45, 7) is 4.08. The zero-order chi connectivity index (χ0) is 19.1. The fourth-order valence-electron chi connectivity index (χ4n) is 2.30. The minimum absolute atomic E-state index is 0.224. The van der Waals surface area contributed by atoms with Crippen LogP contribution in [0, 0.1) is 21.8 Å². The van der Waals surface area contributed by atoms with Crippen LogP contribution in [-0.2, 0) is 4.79 Å². The van der Waals surface area contributed by atoms with Gasteiger partial charge in [-0.05, 0) is 65.8 Å². The van der Waals surface area contributed by atoms with Crippen LogP contribution >= 0.6 is 22.6 Å². The summed E-state index contributed by atoms with van der Waals surface area (Å²) in [5.41, 5.74) is 8.49. The Bertz CT molecular complexity index is 868. The summed E-state index contributed by atoms with van der Waals surface area (Å²) in [6.07, 6.45) is 1.80. The lowest BCUT2D eigenvalue weighted by molar-refractivity contribution is -0.119. The summed E-state index contributed by atoms with van der Waals surface area (Å²) < 4.78 is 11.9. The first-order valence-corrected chi connectivity index (χ1v) is 9.08. The van der Waals surface area contributed by atoms with E-state index in [2.05, 4.69) is 28.7 Å². The summed E-state index contributed by atoms with van der Waals surface area (Å²) in [5.74, 6) is 0.420. The topological polar surface area (TPSA) is 85.3 Å². The number of nitrogens with zero attached hydrogens (tertiary/aromatic N) is 1. The Morgan fingerprint density at radius 3 is 2.54 bits per heavy atom. The van der Waals surface area contributed by atoms with Crippen LogP contribution in [0.3, 0.4) is 0 Å². The molecule has 0 saturated heterocycles. The second kappa shape index (κ2) is 9.25. The largest absolute Gasteiger partial charge is 0.490 e. The van der Waals surface area contributed by atoms with E-state index < -0.39 is 5.91 Å². The van der Waals surface area contributed by atoms with Gasteiger partial charge in [0.2, 0.25) is 0 Å². The summed E-state index contributed by atoms with van der Waals surface area (Å²) in [5, 5.41) is 9.52. The first-order valence-electron chi connectivity index (χ1n) is 8.01. The average molecular weight is 462 g/mol. The van der Waals surface area contributed by atoms with Gasteiger partial charge in [0.15, 0.2) is 18.1 Å². The molecule has 0 radical (unpaired) electrons. The van der Waals surface area contributed by atoms with Crippen LogP contribution in [0.25, 0.3) is 11.6 Å². The fourth-order valence-corrected chi connectivity index (χ4v) is 3.08. The van der Waals surface area contributed by atoms with E-state index >= 15 is 0 Å². The molecule has 2 N–H and O–H groups in total. The van der Waals surface area contributed by atoms with E-state index in [1.54, 1.807) is 12.1 Å². The summed E-state index contributed by atoms with van der Waals surface area (Å²) >= 11 is 2.11. The van der Waals surface area contributed by atoms with Gasteiger partial charge >= 0.3 is 0 Å². The molecule has 2 aromatic rings. The summed E-state index contributed by atoms with van der Waals surface area (Å²) in [4.78, 5) is 11.0. The van der Waals surface area contributed by atoms with Crippen molar-refractivity contribution in [3.8, 4) is 17.6 Å². The number of nitrogens with two attached hydrogens (primary N) is 1. The molecular weight excluding hydrogens is 443 g/mol. The molecule has 0 saturated carbocycles. The number of carbonyl (C=O) groups excluding carboxylic acids is 1. The lowest BCUT2D eigenvalue weighted by Crippen LogP contribution is -2.20. The SMILES string of the molecule is CCOc1cc(/C=C(\C#N)c2ccc(C)cc2)cc(I)c1OCC(N)=O. The van der Waals surface area contributed by atoms with Crippen LogP contribution in [0.2, 0.25) is 0 Å². The Balaban J connectivity index is 2.43. The van der Waals surface area contributed by atoms with E-state index in [0.29, 0.717) is 23.7 Å². The van der Waals surface area contributed by atoms with Crippen LogP contribution in [0.4, 0.5) is 0 Å². The normalized spacial score (nSPS) is 10.9. The van der Waals surface area contributed by atoms with E-state index in [1.807, 2.05) is 44.2 Å². The number of rotatable bonds is 7. The van der Waals surface area contributed by atoms with E-state index in [0.717, 1.165) is 20.3 Å². The van der Waals surface area contributed by atoms with Crippen LogP contribution in [-0.4, -0.2) is 19.1 Å². The number of carbonyl (C=O) groups is 1. The fraction of sp³-hybridized carbons (Fsp3) is 0.200. The minimum atomic E-state index is -0.557. The highest BCUT2D eigenvalue weighted by molar-refractivity contribution is 14.1. The molecule has 6 heteroatoms. The van der Waals surface area contributed by atoms with Crippen molar-refractivity contribution in [3.63, 3.8) is 0 Å². The number of hydrogen-bond donors (Lipinski definition) is 1. The molecule has 2 rings (SSSR count). The van der Waals surface area contributed by atoms with Crippen molar-refractivity contribution >= 4 is 40.1 Å². The van der Waals surface area contributed by atoms with Crippen LogP contribution < -0.4 is 15.2 Å². The van der Waals surface area contributed by atoms with Gasteiger partial charge in [-0.1, -0.05) is 29.8 Å². The van der Waals surface area contributed by atoms with Gasteiger partial charge in [0.1, 0.15) is 0 Å². The number of amides is 1. The predicted octanol–water partition coefficient (Wildman–Crippen LogP) is 3.93. The molecule has 134 valence electrons. The Kier molecular flexibility index (Phi) is 7.04. The van der Waals surface area contributed by atoms with Crippen molar-refractivity contribution in [1.29, 1.82) is 5.26 Å². The van der Waals surface area contributed by atoms with Gasteiger partial charge in [0.25, 0.3) is 5.91 Å². The Hall–Kier alpha value is -2.53. The van der Waals surface area contributed by atoms with E-state index in [9.17, 15) is 10.1 Å². The number of halogens is 1. The van der Waals surface area contributed by atoms with E-state index in [1.165, 1.54) is 0 Å². The highest BCUT2D eigenvalue weighted by atomic mass is 127. The van der Waals surface area contributed by atoms with Crippen LogP contribution in [0.5, 0.6) is 11.5 Å². The zero-order valence-electron chi connectivity index (χ0n) is 14.6. The molecule has 0 atom stereocenters. The van der Waals surface area contributed by atoms with Crippen LogP contribution in [0.1, 0.15) is 23.6 Å². The quantitative estimate of drug-likeness (QED) is 0.384. The second-order valence-electron chi connectivity index (χ2n) is 5.55. The van der Waals surface area contributed by atoms with Crippen molar-refractivity contribution in [2.45, 2.75) is 13.8 Å². The molecule has 5 nitrogen and oxygen atoms in total. The molecular formula is C20H19IN2O3. The Morgan fingerprint density at radius 1 is 1.27 bits per heavy atom. The number of ether oxygens (including phenoxy) is 2. The maximum atomic E-state index is 11.0. The Labute approximate surface area is 166 Å². The van der Waals surface area contributed by atoms with Gasteiger partial charge in [-0.2, -0.15) is 5.26 Å². The molecule has 0 aliphatic carbocycles. The summed E-state index contributed by atoms with van der Waals surface area (Å²) in [6, 6.07) is 13.7. The number of benzene rings is 2. The lowest BCUT2D eigenvalue weighted by atomic mass is 10.0. The van der Waals surface area contributed by atoms with Gasteiger partial charge < -0.3 is 15.2 Å². The number of hydrogen-bond acceptors (Lipinski definition) is 4. The van der Waals surface area contributed by atoms with Gasteiger partial charge in [-0.25, -0.2) is 0 Å². The molecule has 0 unspecified atom stereocenters. The van der Waals surface area contributed by atoms with Gasteiger partial charge in [-0.15, -0.1) is 0 Å². The third-order valence-corrected chi connectivity index (χ3v) is 4.29. The highest BCUT2D eigenvalue weighted by Crippen LogP contribution is 2.35. The van der Waals surface area contributed by atoms with Gasteiger partial charge in [0, 0.05) is 0 Å². The molecule has 0 bridgehead atoms. The van der Waals surface area contributed by atoms with Crippen LogP contribution in [0.15, 0.2) is 36.4 Å². The first kappa shape index (κ1) is 19.8. The Morgan fingerprint density at radius 2 is 1.96 bits per heavy atom. The molecule has 26 heavy (non-hydrogen) atoms. The third-order valence-electron chi connectivity index (χ3n) is 3.48. The predicted molar refractivity (Wildman–Crippen MR) is 110 cm³/mol. The molecule has 0 aliphatic rings. The van der Waals surface area contributed by atoms with Crippen molar-refractivity contribution in [3.05, 3.63) is 56.7 Å². The zero-order valence-corrected chi connectivity index (χ0v) is 16.7. The summed E-state index contributed by atoms with van der Waals surface area (Å²) in [7, 11) is 0. The standard InChI is InChI=1S/C20H19IN2O3/c1-3-25-18-10-14(9-17(21)20(18)26-12-19(23)24)8-16(11-22)15-6-4-13(2)5-7-15/h4-10H,3,12H2,1-2H3,(H2,23,24)/b16-8+. The smallest absolute Gasteiger partial charge is 0.255 e. The van der Waals surface area contributed by atoms with Crippen molar-refractivity contribution in [1.82, 2.24) is 0 Å². The molecule has 0 heterocycles. The average Bonchev–Trinajstić information content (AvgIpc) is 2.60. The molecule has 1 amide bonds. The van der Waals surface area contributed by atoms with Gasteiger partial charge in [-0.3, -0.25) is 4.79 Å². The second-order valence-corrected chi connectivity index (χ2v) is 6.72. The molecule has 0 aromatic heterocycles. The van der Waals surface area contributed by atoms with E-state index in [4.69, 9.17) is 15.2 Å². The minimum Gasteiger partial charge on any atom is -0.490 e. The van der Waals surface area contributed by atoms with Crippen molar-refractivity contribution < 1.29 is 14.3 Å². The lowest BCUT2D eigenvalue weighted by Gasteiger charge is -2.14. The maximum absolute atomic E-state index is 11.0. The number of aryl methyl sites for hydroxylation is 1. The molecule has 0 spiro atoms. The van der Waals surface area contributed by atoms with Gasteiger partial charge in [0.05, 0.1) is 21.8 Å². The van der Waals surface area contributed by atoms with E-state index in [-0.39, 0.29) is 6.61 Å². The number of nitriles is 1. The number of allylic oxidation sites excluding steroid dienone is 1. The van der Waals surface area contributed by atoms with Crippen molar-refractivity contribution in [2.24, 2.45) is 5.73 Å².